The second-order valence-electron chi connectivity index (χ2n) is 6.92. The summed E-state index contributed by atoms with van der Waals surface area (Å²) in [6.45, 7) is 6.57. The number of aromatic nitrogens is 1. The number of amides is 1. The number of carbonyl (C=O) groups excluding carboxylic acids is 1. The predicted octanol–water partition coefficient (Wildman–Crippen LogP) is 2.53. The first-order valence-corrected chi connectivity index (χ1v) is 8.77. The van der Waals surface area contributed by atoms with Crippen LogP contribution in [0.4, 0.5) is 5.69 Å². The molecule has 1 aliphatic heterocycles. The first-order valence-electron chi connectivity index (χ1n) is 8.77. The summed E-state index contributed by atoms with van der Waals surface area (Å²) in [6, 6.07) is 8.59. The van der Waals surface area contributed by atoms with Gasteiger partial charge in [0.25, 0.3) is 5.91 Å². The number of piperazine rings is 1. The van der Waals surface area contributed by atoms with Gasteiger partial charge in [-0.2, -0.15) is 0 Å². The fraction of sp³-hybridized carbons (Fsp3) is 0.421. The maximum Gasteiger partial charge on any atom is 0.335 e. The number of carbonyl (C=O) groups is 2. The number of aromatic carboxylic acids is 1. The molecule has 3 rings (SSSR count). The van der Waals surface area contributed by atoms with Gasteiger partial charge in [0.1, 0.15) is 0 Å². The Bertz CT molecular complexity index is 792. The van der Waals surface area contributed by atoms with E-state index < -0.39 is 5.97 Å². The lowest BCUT2D eigenvalue weighted by molar-refractivity contribution is 0.0693. The van der Waals surface area contributed by atoms with Crippen LogP contribution in [0.1, 0.15) is 40.5 Å². The molecule has 26 heavy (non-hydrogen) atoms. The van der Waals surface area contributed by atoms with Crippen LogP contribution in [0.3, 0.4) is 0 Å². The molecule has 7 nitrogen and oxygen atoms in total. The van der Waals surface area contributed by atoms with E-state index in [-0.39, 0.29) is 17.2 Å². The highest BCUT2D eigenvalue weighted by atomic mass is 16.5. The van der Waals surface area contributed by atoms with Gasteiger partial charge in [-0.3, -0.25) is 4.79 Å². The van der Waals surface area contributed by atoms with Gasteiger partial charge >= 0.3 is 5.97 Å². The summed E-state index contributed by atoms with van der Waals surface area (Å²) in [5.74, 6) is -0.357. The second kappa shape index (κ2) is 7.59. The minimum atomic E-state index is -0.941. The van der Waals surface area contributed by atoms with Gasteiger partial charge in [0.2, 0.25) is 5.76 Å². The van der Waals surface area contributed by atoms with Gasteiger partial charge in [-0.1, -0.05) is 25.1 Å². The summed E-state index contributed by atoms with van der Waals surface area (Å²) in [5, 5.41) is 13.1. The van der Waals surface area contributed by atoms with Crippen molar-refractivity contribution in [2.75, 3.05) is 31.1 Å². The topological polar surface area (TPSA) is 86.9 Å². The Hall–Kier alpha value is -2.83. The van der Waals surface area contributed by atoms with Crippen molar-refractivity contribution in [1.82, 2.24) is 10.1 Å². The number of hydrogen-bond donors (Lipinski definition) is 1. The minimum Gasteiger partial charge on any atom is -0.478 e. The summed E-state index contributed by atoms with van der Waals surface area (Å²) in [4.78, 5) is 27.5. The number of rotatable bonds is 5. The summed E-state index contributed by atoms with van der Waals surface area (Å²) in [5.41, 5.74) is 1.92. The van der Waals surface area contributed by atoms with Gasteiger partial charge in [-0.05, 0) is 30.5 Å². The molecule has 1 aromatic carbocycles. The van der Waals surface area contributed by atoms with E-state index in [0.717, 1.165) is 17.8 Å². The summed E-state index contributed by atoms with van der Waals surface area (Å²) >= 11 is 0. The summed E-state index contributed by atoms with van der Waals surface area (Å²) in [7, 11) is 0. The van der Waals surface area contributed by atoms with E-state index in [2.05, 4.69) is 23.9 Å². The van der Waals surface area contributed by atoms with Crippen LogP contribution >= 0.6 is 0 Å². The zero-order chi connectivity index (χ0) is 18.7. The Morgan fingerprint density at radius 1 is 1.19 bits per heavy atom. The lowest BCUT2D eigenvalue weighted by atomic mass is 10.1. The molecule has 1 fully saturated rings. The van der Waals surface area contributed by atoms with Crippen molar-refractivity contribution in [3.63, 3.8) is 0 Å². The molecule has 1 aliphatic rings. The number of hydrogen-bond acceptors (Lipinski definition) is 5. The highest BCUT2D eigenvalue weighted by molar-refractivity contribution is 5.91. The lowest BCUT2D eigenvalue weighted by Crippen LogP contribution is -2.48. The third-order valence-electron chi connectivity index (χ3n) is 4.41. The maximum absolute atomic E-state index is 12.6. The molecule has 1 N–H and O–H groups in total. The Labute approximate surface area is 152 Å². The van der Waals surface area contributed by atoms with Crippen molar-refractivity contribution in [2.45, 2.75) is 20.3 Å². The second-order valence-corrected chi connectivity index (χ2v) is 6.92. The Balaban J connectivity index is 1.61. The molecule has 2 aromatic rings. The van der Waals surface area contributed by atoms with E-state index in [0.29, 0.717) is 32.1 Å². The SMILES string of the molecule is CC(C)Cc1cc(C(=O)N2CCN(c3cccc(C(=O)O)c3)CC2)on1. The van der Waals surface area contributed by atoms with Crippen molar-refractivity contribution in [2.24, 2.45) is 5.92 Å². The quantitative estimate of drug-likeness (QED) is 0.885. The average Bonchev–Trinajstić information content (AvgIpc) is 3.09. The molecular weight excluding hydrogens is 334 g/mol. The van der Waals surface area contributed by atoms with Crippen LogP contribution in [0.2, 0.25) is 0 Å². The molecular formula is C19H23N3O4. The fourth-order valence-electron chi connectivity index (χ4n) is 3.09. The van der Waals surface area contributed by atoms with Crippen LogP contribution < -0.4 is 4.90 Å². The van der Waals surface area contributed by atoms with E-state index in [9.17, 15) is 9.59 Å². The smallest absolute Gasteiger partial charge is 0.335 e. The van der Waals surface area contributed by atoms with Gasteiger partial charge in [0.05, 0.1) is 11.3 Å². The van der Waals surface area contributed by atoms with Gasteiger partial charge in [0, 0.05) is 37.9 Å². The number of carboxylic acids is 1. The fourth-order valence-corrected chi connectivity index (χ4v) is 3.09. The number of nitrogens with zero attached hydrogens (tertiary/aromatic N) is 3. The average molecular weight is 357 g/mol. The number of anilines is 1. The van der Waals surface area contributed by atoms with Crippen LogP contribution in [0.15, 0.2) is 34.9 Å². The molecule has 1 aromatic heterocycles. The standard InChI is InChI=1S/C19H23N3O4/c1-13(2)10-15-12-17(26-20-15)18(23)22-8-6-21(7-9-22)16-5-3-4-14(11-16)19(24)25/h3-5,11-13H,6-10H2,1-2H3,(H,24,25). The van der Waals surface area contributed by atoms with E-state index in [1.807, 2.05) is 6.07 Å². The third kappa shape index (κ3) is 4.04. The van der Waals surface area contributed by atoms with Gasteiger partial charge in [-0.25, -0.2) is 4.79 Å². The largest absolute Gasteiger partial charge is 0.478 e. The summed E-state index contributed by atoms with van der Waals surface area (Å²) < 4.78 is 5.21. The lowest BCUT2D eigenvalue weighted by Gasteiger charge is -2.35. The van der Waals surface area contributed by atoms with Crippen LogP contribution in [0.5, 0.6) is 0 Å². The molecule has 0 aliphatic carbocycles. The van der Waals surface area contributed by atoms with Crippen molar-refractivity contribution in [1.29, 1.82) is 0 Å². The molecule has 2 heterocycles. The third-order valence-corrected chi connectivity index (χ3v) is 4.41. The highest BCUT2D eigenvalue weighted by Crippen LogP contribution is 2.19. The molecule has 1 amide bonds. The first-order chi connectivity index (χ1) is 12.4. The van der Waals surface area contributed by atoms with E-state index in [1.165, 1.54) is 0 Å². The molecule has 1 saturated heterocycles. The zero-order valence-corrected chi connectivity index (χ0v) is 15.0. The van der Waals surface area contributed by atoms with Crippen LogP contribution in [-0.2, 0) is 6.42 Å². The van der Waals surface area contributed by atoms with Gasteiger partial charge in [-0.15, -0.1) is 0 Å². The normalized spacial score (nSPS) is 14.7. The minimum absolute atomic E-state index is 0.147. The number of carboxylic acid groups (broad SMARTS) is 1. The zero-order valence-electron chi connectivity index (χ0n) is 15.0. The maximum atomic E-state index is 12.6. The highest BCUT2D eigenvalue weighted by Gasteiger charge is 2.25. The van der Waals surface area contributed by atoms with Gasteiger partial charge in [0.15, 0.2) is 0 Å². The molecule has 0 atom stereocenters. The Morgan fingerprint density at radius 3 is 2.58 bits per heavy atom. The van der Waals surface area contributed by atoms with Gasteiger partial charge < -0.3 is 19.4 Å². The molecule has 0 saturated carbocycles. The Morgan fingerprint density at radius 2 is 1.92 bits per heavy atom. The molecule has 7 heteroatoms. The number of benzene rings is 1. The van der Waals surface area contributed by atoms with Crippen LogP contribution in [0, 0.1) is 5.92 Å². The van der Waals surface area contributed by atoms with Crippen molar-refractivity contribution in [3.8, 4) is 0 Å². The molecule has 0 radical (unpaired) electrons. The molecule has 0 spiro atoms. The first kappa shape index (κ1) is 18.0. The van der Waals surface area contributed by atoms with Crippen molar-refractivity contribution >= 4 is 17.6 Å². The Kier molecular flexibility index (Phi) is 5.25. The van der Waals surface area contributed by atoms with E-state index in [1.54, 1.807) is 29.2 Å². The molecule has 138 valence electrons. The van der Waals surface area contributed by atoms with Crippen molar-refractivity contribution < 1.29 is 19.2 Å². The van der Waals surface area contributed by atoms with E-state index in [4.69, 9.17) is 9.63 Å². The summed E-state index contributed by atoms with van der Waals surface area (Å²) in [6.07, 6.45) is 0.782. The van der Waals surface area contributed by atoms with Crippen molar-refractivity contribution in [3.05, 3.63) is 47.3 Å². The van der Waals surface area contributed by atoms with Crippen LogP contribution in [-0.4, -0.2) is 53.2 Å². The van der Waals surface area contributed by atoms with Crippen LogP contribution in [0.25, 0.3) is 0 Å². The monoisotopic (exact) mass is 357 g/mol. The molecule has 0 bridgehead atoms. The molecule has 0 unspecified atom stereocenters. The van der Waals surface area contributed by atoms with E-state index >= 15 is 0 Å². The predicted molar refractivity (Wildman–Crippen MR) is 96.6 cm³/mol.